The van der Waals surface area contributed by atoms with Crippen LogP contribution in [0.1, 0.15) is 5.56 Å². The molecule has 1 N–H and O–H groups in total. The third kappa shape index (κ3) is 5.60. The van der Waals surface area contributed by atoms with Crippen LogP contribution < -0.4 is 5.32 Å². The summed E-state index contributed by atoms with van der Waals surface area (Å²) >= 11 is 0. The Morgan fingerprint density at radius 2 is 1.61 bits per heavy atom. The molecular formula is C12H8F6N2O3. The molecule has 0 aromatic heterocycles. The van der Waals surface area contributed by atoms with Gasteiger partial charge in [0.25, 0.3) is 11.5 Å². The smallest absolute Gasteiger partial charge is 0.377 e. The van der Waals surface area contributed by atoms with Crippen molar-refractivity contribution < 1.29 is 36.1 Å². The predicted molar refractivity (Wildman–Crippen MR) is 65.1 cm³/mol. The fourth-order valence-corrected chi connectivity index (χ4v) is 1.38. The normalized spacial score (nSPS) is 12.9. The zero-order valence-electron chi connectivity index (χ0n) is 11.0. The van der Waals surface area contributed by atoms with Gasteiger partial charge in [0.15, 0.2) is 0 Å². The van der Waals surface area contributed by atoms with Gasteiger partial charge in [-0.05, 0) is 5.56 Å². The molecule has 126 valence electrons. The van der Waals surface area contributed by atoms with Gasteiger partial charge in [0, 0.05) is 24.8 Å². The second-order valence-electron chi connectivity index (χ2n) is 4.19. The molecule has 0 aliphatic rings. The van der Waals surface area contributed by atoms with Gasteiger partial charge in [0.2, 0.25) is 0 Å². The standard InChI is InChI=1S/C12H8F6N2O3/c13-11(14,15)9(5-10(21)12(16,17)18)19-6-7-1-3-8(4-2-7)20(22)23/h1-5,19H,6H2/b9-5+. The van der Waals surface area contributed by atoms with Gasteiger partial charge in [-0.1, -0.05) is 12.1 Å². The molecule has 0 amide bonds. The number of non-ortho nitro benzene ring substituents is 1. The number of nitro groups is 1. The summed E-state index contributed by atoms with van der Waals surface area (Å²) in [5, 5.41) is 12.1. The minimum absolute atomic E-state index is 0.144. The Kier molecular flexibility index (Phi) is 5.35. The highest BCUT2D eigenvalue weighted by atomic mass is 19.4. The molecular weight excluding hydrogens is 334 g/mol. The number of benzene rings is 1. The van der Waals surface area contributed by atoms with Crippen molar-refractivity contribution >= 4 is 11.5 Å². The summed E-state index contributed by atoms with van der Waals surface area (Å²) < 4.78 is 73.9. The van der Waals surface area contributed by atoms with Crippen molar-refractivity contribution in [3.05, 3.63) is 51.7 Å². The number of hydrogen-bond acceptors (Lipinski definition) is 4. The Morgan fingerprint density at radius 3 is 2.00 bits per heavy atom. The number of hydrogen-bond donors (Lipinski definition) is 1. The number of rotatable bonds is 5. The minimum atomic E-state index is -5.43. The number of allylic oxidation sites excluding steroid dienone is 2. The first-order chi connectivity index (χ1) is 10.4. The van der Waals surface area contributed by atoms with Gasteiger partial charge in [0.05, 0.1) is 4.92 Å². The summed E-state index contributed by atoms with van der Waals surface area (Å²) in [6, 6.07) is 4.30. The Hall–Kier alpha value is -2.59. The SMILES string of the molecule is O=C(/C=C(/NCc1ccc([N+](=O)[O-])cc1)C(F)(F)F)C(F)(F)F. The van der Waals surface area contributed by atoms with Gasteiger partial charge in [-0.25, -0.2) is 0 Å². The highest BCUT2D eigenvalue weighted by Crippen LogP contribution is 2.26. The summed E-state index contributed by atoms with van der Waals surface area (Å²) in [7, 11) is 0. The Balaban J connectivity index is 2.89. The minimum Gasteiger partial charge on any atom is -0.377 e. The third-order valence-electron chi connectivity index (χ3n) is 2.49. The second kappa shape index (κ2) is 6.67. The summed E-state index contributed by atoms with van der Waals surface area (Å²) in [4.78, 5) is 20.3. The lowest BCUT2D eigenvalue weighted by molar-refractivity contribution is -0.384. The van der Waals surface area contributed by atoms with E-state index in [0.29, 0.717) is 0 Å². The van der Waals surface area contributed by atoms with E-state index in [2.05, 4.69) is 0 Å². The quantitative estimate of drug-likeness (QED) is 0.386. The van der Waals surface area contributed by atoms with Crippen molar-refractivity contribution in [3.63, 3.8) is 0 Å². The molecule has 0 heterocycles. The summed E-state index contributed by atoms with van der Waals surface area (Å²) in [6.45, 7) is -0.575. The molecule has 1 rings (SSSR count). The Labute approximate surface area is 124 Å². The van der Waals surface area contributed by atoms with Gasteiger partial charge in [0.1, 0.15) is 5.70 Å². The fraction of sp³-hybridized carbons (Fsp3) is 0.250. The molecule has 0 saturated carbocycles. The molecule has 1 aromatic carbocycles. The van der Waals surface area contributed by atoms with Crippen LogP contribution in [-0.2, 0) is 11.3 Å². The highest BCUT2D eigenvalue weighted by molar-refractivity contribution is 5.95. The van der Waals surface area contributed by atoms with E-state index in [1.807, 2.05) is 0 Å². The van der Waals surface area contributed by atoms with E-state index in [1.54, 1.807) is 5.32 Å². The van der Waals surface area contributed by atoms with E-state index in [1.165, 1.54) is 0 Å². The molecule has 11 heteroatoms. The average Bonchev–Trinajstić information content (AvgIpc) is 2.41. The zero-order chi connectivity index (χ0) is 17.8. The van der Waals surface area contributed by atoms with Crippen LogP contribution in [0.4, 0.5) is 32.0 Å². The van der Waals surface area contributed by atoms with Crippen LogP contribution in [0.15, 0.2) is 36.0 Å². The molecule has 0 spiro atoms. The number of nitrogens with zero attached hydrogens (tertiary/aromatic N) is 1. The van der Waals surface area contributed by atoms with Crippen molar-refractivity contribution in [1.82, 2.24) is 5.32 Å². The van der Waals surface area contributed by atoms with Crippen molar-refractivity contribution in [1.29, 1.82) is 0 Å². The summed E-state index contributed by atoms with van der Waals surface area (Å²) in [5.41, 5.74) is -2.02. The second-order valence-corrected chi connectivity index (χ2v) is 4.19. The number of carbonyl (C=O) groups is 1. The topological polar surface area (TPSA) is 72.2 Å². The fourth-order valence-electron chi connectivity index (χ4n) is 1.38. The number of alkyl halides is 6. The third-order valence-corrected chi connectivity index (χ3v) is 2.49. The van der Waals surface area contributed by atoms with Gasteiger partial charge in [-0.2, -0.15) is 26.3 Å². The first-order valence-corrected chi connectivity index (χ1v) is 5.78. The molecule has 0 unspecified atom stereocenters. The Morgan fingerprint density at radius 1 is 1.09 bits per heavy atom. The molecule has 0 fully saturated rings. The summed E-state index contributed by atoms with van der Waals surface area (Å²) in [6.07, 6.45) is -11.2. The van der Waals surface area contributed by atoms with Crippen LogP contribution in [0.3, 0.4) is 0 Å². The van der Waals surface area contributed by atoms with Crippen LogP contribution in [0.5, 0.6) is 0 Å². The maximum Gasteiger partial charge on any atom is 0.454 e. The molecule has 5 nitrogen and oxygen atoms in total. The lowest BCUT2D eigenvalue weighted by atomic mass is 10.2. The van der Waals surface area contributed by atoms with Gasteiger partial charge in [-0.3, -0.25) is 14.9 Å². The number of nitrogens with one attached hydrogen (secondary N) is 1. The Bertz CT molecular complexity index is 619. The van der Waals surface area contributed by atoms with E-state index in [4.69, 9.17) is 0 Å². The lowest BCUT2D eigenvalue weighted by Gasteiger charge is -2.14. The number of nitro benzene ring substituents is 1. The van der Waals surface area contributed by atoms with Crippen molar-refractivity contribution in [2.45, 2.75) is 18.9 Å². The van der Waals surface area contributed by atoms with E-state index >= 15 is 0 Å². The molecule has 0 atom stereocenters. The predicted octanol–water partition coefficient (Wildman–Crippen LogP) is 3.26. The number of ketones is 1. The molecule has 0 bridgehead atoms. The van der Waals surface area contributed by atoms with Crippen LogP contribution in [0, 0.1) is 10.1 Å². The highest BCUT2D eigenvalue weighted by Gasteiger charge is 2.41. The van der Waals surface area contributed by atoms with E-state index in [-0.39, 0.29) is 11.3 Å². The van der Waals surface area contributed by atoms with Crippen LogP contribution in [0.25, 0.3) is 0 Å². The van der Waals surface area contributed by atoms with E-state index in [9.17, 15) is 41.3 Å². The largest absolute Gasteiger partial charge is 0.454 e. The van der Waals surface area contributed by atoms with Crippen molar-refractivity contribution in [2.75, 3.05) is 0 Å². The van der Waals surface area contributed by atoms with Crippen molar-refractivity contribution in [3.8, 4) is 0 Å². The molecule has 1 aromatic rings. The molecule has 0 radical (unpaired) electrons. The van der Waals surface area contributed by atoms with E-state index < -0.39 is 41.4 Å². The van der Waals surface area contributed by atoms with Crippen LogP contribution in [-0.4, -0.2) is 23.1 Å². The van der Waals surface area contributed by atoms with E-state index in [0.717, 1.165) is 24.3 Å². The number of carbonyl (C=O) groups excluding carboxylic acids is 1. The zero-order valence-corrected chi connectivity index (χ0v) is 11.0. The van der Waals surface area contributed by atoms with Gasteiger partial charge >= 0.3 is 12.4 Å². The molecule has 0 aliphatic carbocycles. The summed E-state index contributed by atoms with van der Waals surface area (Å²) in [5.74, 6) is -2.65. The average molecular weight is 342 g/mol. The van der Waals surface area contributed by atoms with Gasteiger partial charge in [-0.15, -0.1) is 0 Å². The maximum absolute atomic E-state index is 12.6. The lowest BCUT2D eigenvalue weighted by Crippen LogP contribution is -2.30. The number of halogens is 6. The van der Waals surface area contributed by atoms with Crippen LogP contribution >= 0.6 is 0 Å². The maximum atomic E-state index is 12.6. The monoisotopic (exact) mass is 342 g/mol. The van der Waals surface area contributed by atoms with Crippen molar-refractivity contribution in [2.24, 2.45) is 0 Å². The first kappa shape index (κ1) is 18.5. The van der Waals surface area contributed by atoms with Crippen LogP contribution in [0.2, 0.25) is 0 Å². The first-order valence-electron chi connectivity index (χ1n) is 5.78. The van der Waals surface area contributed by atoms with Gasteiger partial charge < -0.3 is 5.32 Å². The molecule has 0 aliphatic heterocycles. The molecule has 23 heavy (non-hydrogen) atoms. The molecule has 0 saturated heterocycles.